The quantitative estimate of drug-likeness (QED) is 0.253. The van der Waals surface area contributed by atoms with Gasteiger partial charge in [0, 0.05) is 5.56 Å². The lowest BCUT2D eigenvalue weighted by atomic mass is 10.1. The Bertz CT molecular complexity index is 1160. The fraction of sp³-hybridized carbons (Fsp3) is 0.0952. The van der Waals surface area contributed by atoms with Crippen LogP contribution in [-0.2, 0) is 9.53 Å². The summed E-state index contributed by atoms with van der Waals surface area (Å²) < 4.78 is 4.71. The second-order valence-corrected chi connectivity index (χ2v) is 6.11. The number of aliphatic hydroxyl groups excluding tert-OH is 1. The van der Waals surface area contributed by atoms with E-state index < -0.39 is 35.1 Å². The first-order valence-corrected chi connectivity index (χ1v) is 8.67. The molecule has 0 atom stereocenters. The largest absolute Gasteiger partial charge is 0.506 e. The Balaban J connectivity index is 1.94. The molecule has 2 N–H and O–H groups in total. The van der Waals surface area contributed by atoms with Crippen LogP contribution in [0, 0.1) is 11.3 Å². The van der Waals surface area contributed by atoms with Gasteiger partial charge < -0.3 is 14.9 Å². The van der Waals surface area contributed by atoms with E-state index in [1.54, 1.807) is 13.0 Å². The van der Waals surface area contributed by atoms with Crippen molar-refractivity contribution in [3.63, 3.8) is 0 Å². The minimum atomic E-state index is -1.22. The zero-order valence-corrected chi connectivity index (χ0v) is 15.6. The predicted octanol–water partition coefficient (Wildman–Crippen LogP) is 2.54. The molecule has 0 spiro atoms. The summed E-state index contributed by atoms with van der Waals surface area (Å²) in [5.74, 6) is -4.11. The van der Waals surface area contributed by atoms with Crippen LogP contribution in [-0.4, -0.2) is 40.6 Å². The van der Waals surface area contributed by atoms with Crippen molar-refractivity contribution in [2.75, 3.05) is 11.5 Å². The van der Waals surface area contributed by atoms with Crippen molar-refractivity contribution in [1.29, 1.82) is 5.26 Å². The molecule has 150 valence electrons. The number of esters is 1. The fourth-order valence-corrected chi connectivity index (χ4v) is 2.92. The highest BCUT2D eigenvalue weighted by Gasteiger charge is 2.37. The van der Waals surface area contributed by atoms with E-state index in [-0.39, 0.29) is 34.5 Å². The first kappa shape index (κ1) is 20.3. The number of fused-ring (bicyclic) bond motifs is 1. The van der Waals surface area contributed by atoms with Crippen molar-refractivity contribution >= 4 is 35.2 Å². The number of carboxylic acids is 1. The van der Waals surface area contributed by atoms with Crippen molar-refractivity contribution < 1.29 is 34.1 Å². The summed E-state index contributed by atoms with van der Waals surface area (Å²) in [4.78, 5) is 49.0. The van der Waals surface area contributed by atoms with Gasteiger partial charge in [0.15, 0.2) is 5.57 Å². The summed E-state index contributed by atoms with van der Waals surface area (Å²) in [6.45, 7) is 1.58. The molecule has 30 heavy (non-hydrogen) atoms. The molecule has 2 aromatic rings. The predicted molar refractivity (Wildman–Crippen MR) is 103 cm³/mol. The highest BCUT2D eigenvalue weighted by atomic mass is 16.5. The number of ether oxygens (including phenoxy) is 1. The number of carbonyl (C=O) groups excluding carboxylic acids is 3. The van der Waals surface area contributed by atoms with Crippen LogP contribution >= 0.6 is 0 Å². The van der Waals surface area contributed by atoms with Gasteiger partial charge in [-0.2, -0.15) is 5.26 Å². The summed E-state index contributed by atoms with van der Waals surface area (Å²) in [6, 6.07) is 10.6. The van der Waals surface area contributed by atoms with Crippen molar-refractivity contribution in [2.45, 2.75) is 6.92 Å². The summed E-state index contributed by atoms with van der Waals surface area (Å²) >= 11 is 0. The van der Waals surface area contributed by atoms with Gasteiger partial charge >= 0.3 is 11.9 Å². The van der Waals surface area contributed by atoms with Crippen molar-refractivity contribution in [3.8, 4) is 6.07 Å². The molecule has 1 aliphatic rings. The Morgan fingerprint density at radius 3 is 2.17 bits per heavy atom. The van der Waals surface area contributed by atoms with Gasteiger partial charge in [0.25, 0.3) is 11.8 Å². The van der Waals surface area contributed by atoms with E-state index in [0.29, 0.717) is 0 Å². The van der Waals surface area contributed by atoms with E-state index in [0.717, 1.165) is 11.0 Å². The lowest BCUT2D eigenvalue weighted by Gasteiger charge is -2.14. The zero-order chi connectivity index (χ0) is 22.0. The first-order chi connectivity index (χ1) is 14.3. The zero-order valence-electron chi connectivity index (χ0n) is 15.6. The molecule has 0 aliphatic carbocycles. The standard InChI is InChI=1S/C21H14N2O7/c1-2-30-21(29)16(10-22)17(24)11-3-6-13(7-4-11)23-18(25)14-8-5-12(20(27)28)9-15(14)19(23)26/h3-9,24H,2H2,1H3,(H,27,28)/b17-16+. The molecule has 2 amide bonds. The molecule has 2 aromatic carbocycles. The van der Waals surface area contributed by atoms with Crippen molar-refractivity contribution in [1.82, 2.24) is 0 Å². The Kier molecular flexibility index (Phi) is 5.33. The van der Waals surface area contributed by atoms with E-state index in [4.69, 9.17) is 15.1 Å². The molecule has 0 saturated carbocycles. The molecule has 0 radical (unpaired) electrons. The van der Waals surface area contributed by atoms with E-state index in [9.17, 15) is 24.3 Å². The maximum absolute atomic E-state index is 12.7. The number of anilines is 1. The van der Waals surface area contributed by atoms with Crippen LogP contribution in [0.3, 0.4) is 0 Å². The number of aliphatic hydroxyl groups is 1. The summed E-state index contributed by atoms with van der Waals surface area (Å²) in [5, 5.41) is 28.4. The number of carbonyl (C=O) groups is 4. The first-order valence-electron chi connectivity index (χ1n) is 8.67. The molecule has 0 saturated heterocycles. The summed E-state index contributed by atoms with van der Waals surface area (Å²) in [6.07, 6.45) is 0. The SMILES string of the molecule is CCOC(=O)/C(C#N)=C(/O)c1ccc(N2C(=O)c3ccc(C(=O)O)cc3C2=O)cc1. The average Bonchev–Trinajstić information content (AvgIpc) is 2.98. The van der Waals surface area contributed by atoms with Crippen molar-refractivity contribution in [3.05, 3.63) is 70.3 Å². The molecule has 1 heterocycles. The van der Waals surface area contributed by atoms with Gasteiger partial charge in [0.1, 0.15) is 11.8 Å². The third-order valence-corrected chi connectivity index (χ3v) is 4.36. The number of carboxylic acid groups (broad SMARTS) is 1. The minimum Gasteiger partial charge on any atom is -0.506 e. The van der Waals surface area contributed by atoms with Gasteiger partial charge in [-0.25, -0.2) is 14.5 Å². The van der Waals surface area contributed by atoms with E-state index in [1.165, 1.54) is 36.4 Å². The van der Waals surface area contributed by atoms with Gasteiger partial charge in [-0.3, -0.25) is 9.59 Å². The molecule has 9 nitrogen and oxygen atoms in total. The Morgan fingerprint density at radius 1 is 1.00 bits per heavy atom. The number of benzene rings is 2. The van der Waals surface area contributed by atoms with Crippen LogP contribution in [0.25, 0.3) is 5.76 Å². The molecule has 0 unspecified atom stereocenters. The molecule has 9 heteroatoms. The number of amides is 2. The van der Waals surface area contributed by atoms with Crippen LogP contribution in [0.5, 0.6) is 0 Å². The number of nitriles is 1. The second-order valence-electron chi connectivity index (χ2n) is 6.11. The molecule has 0 aromatic heterocycles. The number of hydrogen-bond acceptors (Lipinski definition) is 7. The Hall–Kier alpha value is -4.45. The van der Waals surface area contributed by atoms with Crippen LogP contribution in [0.1, 0.15) is 43.6 Å². The number of imide groups is 1. The maximum Gasteiger partial charge on any atom is 0.352 e. The third kappa shape index (κ3) is 3.38. The highest BCUT2D eigenvalue weighted by Crippen LogP contribution is 2.30. The van der Waals surface area contributed by atoms with E-state index in [2.05, 4.69) is 0 Å². The Morgan fingerprint density at radius 2 is 1.60 bits per heavy atom. The lowest BCUT2D eigenvalue weighted by molar-refractivity contribution is -0.138. The molecule has 0 fully saturated rings. The maximum atomic E-state index is 12.7. The topological polar surface area (TPSA) is 145 Å². The summed E-state index contributed by atoms with van der Waals surface area (Å²) in [5.41, 5.74) is -0.374. The van der Waals surface area contributed by atoms with Gasteiger partial charge in [-0.1, -0.05) is 0 Å². The Labute approximate surface area is 170 Å². The smallest absolute Gasteiger partial charge is 0.352 e. The normalized spacial score (nSPS) is 13.4. The number of nitrogens with zero attached hydrogens (tertiary/aromatic N) is 2. The van der Waals surface area contributed by atoms with Crippen LogP contribution in [0.15, 0.2) is 48.0 Å². The highest BCUT2D eigenvalue weighted by molar-refractivity contribution is 6.34. The van der Waals surface area contributed by atoms with Gasteiger partial charge in [0.05, 0.1) is 29.0 Å². The molecule has 3 rings (SSSR count). The number of aromatic carboxylic acids is 1. The van der Waals surface area contributed by atoms with Gasteiger partial charge in [0.2, 0.25) is 0 Å². The van der Waals surface area contributed by atoms with Gasteiger partial charge in [-0.05, 0) is 49.4 Å². The summed E-state index contributed by atoms with van der Waals surface area (Å²) in [7, 11) is 0. The second kappa shape index (κ2) is 7.89. The molecular weight excluding hydrogens is 392 g/mol. The average molecular weight is 406 g/mol. The van der Waals surface area contributed by atoms with E-state index in [1.807, 2.05) is 0 Å². The molecular formula is C21H14N2O7. The van der Waals surface area contributed by atoms with Gasteiger partial charge in [-0.15, -0.1) is 0 Å². The minimum absolute atomic E-state index is 0.0270. The lowest BCUT2D eigenvalue weighted by Crippen LogP contribution is -2.29. The molecule has 0 bridgehead atoms. The number of hydrogen-bond donors (Lipinski definition) is 2. The fourth-order valence-electron chi connectivity index (χ4n) is 2.92. The van der Waals surface area contributed by atoms with E-state index >= 15 is 0 Å². The third-order valence-electron chi connectivity index (χ3n) is 4.36. The van der Waals surface area contributed by atoms with Crippen LogP contribution < -0.4 is 4.90 Å². The number of rotatable bonds is 5. The monoisotopic (exact) mass is 406 g/mol. The van der Waals surface area contributed by atoms with Crippen LogP contribution in [0.2, 0.25) is 0 Å². The van der Waals surface area contributed by atoms with Crippen LogP contribution in [0.4, 0.5) is 5.69 Å². The van der Waals surface area contributed by atoms with Crippen molar-refractivity contribution in [2.24, 2.45) is 0 Å². The molecule has 1 aliphatic heterocycles.